The Morgan fingerprint density at radius 2 is 2.03 bits per heavy atom. The van der Waals surface area contributed by atoms with Crippen LogP contribution in [0.5, 0.6) is 0 Å². The van der Waals surface area contributed by atoms with Crippen molar-refractivity contribution in [3.8, 4) is 11.3 Å². The lowest BCUT2D eigenvalue weighted by Gasteiger charge is -2.09. The largest absolute Gasteiger partial charge is 0.455 e. The molecule has 0 unspecified atom stereocenters. The van der Waals surface area contributed by atoms with Crippen LogP contribution in [-0.2, 0) is 19.4 Å². The highest BCUT2D eigenvalue weighted by molar-refractivity contribution is 6.31. The van der Waals surface area contributed by atoms with Gasteiger partial charge < -0.3 is 9.73 Å². The Balaban J connectivity index is 1.47. The lowest BCUT2D eigenvalue weighted by molar-refractivity contribution is 0.0994. The molecule has 2 heterocycles. The molecule has 4 aromatic rings. The number of benzene rings is 2. The van der Waals surface area contributed by atoms with Crippen molar-refractivity contribution in [1.29, 1.82) is 0 Å². The summed E-state index contributed by atoms with van der Waals surface area (Å²) in [6, 6.07) is 10.6. The summed E-state index contributed by atoms with van der Waals surface area (Å²) in [5.74, 6) is 0.400. The normalized spacial score (nSPS) is 12.4. The molecule has 33 heavy (non-hydrogen) atoms. The lowest BCUT2D eigenvalue weighted by Crippen LogP contribution is -2.13. The van der Waals surface area contributed by atoms with Gasteiger partial charge >= 0.3 is 0 Å². The summed E-state index contributed by atoms with van der Waals surface area (Å²) >= 11 is 6.20. The lowest BCUT2D eigenvalue weighted by atomic mass is 9.93. The Kier molecular flexibility index (Phi) is 5.33. The second-order valence-electron chi connectivity index (χ2n) is 8.53. The third kappa shape index (κ3) is 3.85. The quantitative estimate of drug-likeness (QED) is 0.388. The smallest absolute Gasteiger partial charge is 0.291 e. The second kappa shape index (κ2) is 8.19. The molecule has 0 spiro atoms. The Morgan fingerprint density at radius 1 is 1.21 bits per heavy atom. The third-order valence-corrected chi connectivity index (χ3v) is 6.50. The van der Waals surface area contributed by atoms with Crippen LogP contribution in [0.3, 0.4) is 0 Å². The van der Waals surface area contributed by atoms with Gasteiger partial charge in [0.1, 0.15) is 11.6 Å². The van der Waals surface area contributed by atoms with Gasteiger partial charge in [-0.3, -0.25) is 9.48 Å². The van der Waals surface area contributed by atoms with E-state index >= 15 is 0 Å². The molecule has 0 atom stereocenters. The molecule has 7 heteroatoms. The van der Waals surface area contributed by atoms with E-state index in [1.807, 2.05) is 45.2 Å². The standard InChI is InChI=1S/C26H23ClFN3O2/c1-14-7-8-15(2)21(11-14)29-26(32)25-16(3)23-22(33-25)10-9-17-12-31(30-24(17)23)13-18-19(27)5-4-6-20(18)28/h4-8,11-12H,9-10,13H2,1-3H3,(H,29,32). The average molecular weight is 464 g/mol. The molecular formula is C26H23ClFN3O2. The van der Waals surface area contributed by atoms with Crippen molar-refractivity contribution in [2.45, 2.75) is 40.2 Å². The predicted octanol–water partition coefficient (Wildman–Crippen LogP) is 6.26. The van der Waals surface area contributed by atoms with Crippen LogP contribution >= 0.6 is 11.6 Å². The van der Waals surface area contributed by atoms with Crippen LogP contribution in [0.25, 0.3) is 11.3 Å². The Hall–Kier alpha value is -3.38. The number of fused-ring (bicyclic) bond motifs is 3. The Morgan fingerprint density at radius 3 is 2.82 bits per heavy atom. The second-order valence-corrected chi connectivity index (χ2v) is 8.93. The van der Waals surface area contributed by atoms with Gasteiger partial charge in [0, 0.05) is 40.0 Å². The minimum Gasteiger partial charge on any atom is -0.455 e. The fourth-order valence-corrected chi connectivity index (χ4v) is 4.58. The van der Waals surface area contributed by atoms with Gasteiger partial charge in [0.2, 0.25) is 0 Å². The van der Waals surface area contributed by atoms with Gasteiger partial charge in [0.25, 0.3) is 5.91 Å². The number of aromatic nitrogens is 2. The molecule has 5 nitrogen and oxygen atoms in total. The summed E-state index contributed by atoms with van der Waals surface area (Å²) in [7, 11) is 0. The van der Waals surface area contributed by atoms with Crippen LogP contribution in [-0.4, -0.2) is 15.7 Å². The van der Waals surface area contributed by atoms with Gasteiger partial charge in [0.15, 0.2) is 5.76 Å². The average Bonchev–Trinajstić information content (AvgIpc) is 3.34. The molecule has 1 amide bonds. The number of amides is 1. The number of anilines is 1. The van der Waals surface area contributed by atoms with Gasteiger partial charge in [-0.25, -0.2) is 4.39 Å². The number of nitrogens with zero attached hydrogens (tertiary/aromatic N) is 2. The maximum atomic E-state index is 14.3. The fourth-order valence-electron chi connectivity index (χ4n) is 4.36. The molecule has 0 fully saturated rings. The first-order valence-corrected chi connectivity index (χ1v) is 11.2. The molecule has 0 saturated heterocycles. The summed E-state index contributed by atoms with van der Waals surface area (Å²) in [4.78, 5) is 13.1. The monoisotopic (exact) mass is 463 g/mol. The Labute approximate surface area is 196 Å². The molecule has 5 rings (SSSR count). The number of rotatable bonds is 4. The topological polar surface area (TPSA) is 60.1 Å². The molecule has 1 N–H and O–H groups in total. The number of nitrogens with one attached hydrogen (secondary N) is 1. The maximum absolute atomic E-state index is 14.3. The number of furan rings is 1. The van der Waals surface area contributed by atoms with E-state index < -0.39 is 0 Å². The van der Waals surface area contributed by atoms with Gasteiger partial charge in [-0.2, -0.15) is 5.10 Å². The van der Waals surface area contributed by atoms with E-state index in [2.05, 4.69) is 5.32 Å². The number of aryl methyl sites for hydroxylation is 4. The first-order valence-electron chi connectivity index (χ1n) is 10.8. The molecule has 1 aliphatic rings. The minimum atomic E-state index is -0.360. The van der Waals surface area contributed by atoms with Crippen molar-refractivity contribution >= 4 is 23.2 Å². The van der Waals surface area contributed by atoms with Crippen molar-refractivity contribution in [2.24, 2.45) is 0 Å². The molecular weight excluding hydrogens is 441 g/mol. The molecule has 1 aliphatic carbocycles. The van der Waals surface area contributed by atoms with Crippen LogP contribution in [0, 0.1) is 26.6 Å². The predicted molar refractivity (Wildman–Crippen MR) is 126 cm³/mol. The number of carbonyl (C=O) groups excluding carboxylic acids is 1. The van der Waals surface area contributed by atoms with E-state index in [0.717, 1.165) is 51.4 Å². The van der Waals surface area contributed by atoms with Crippen molar-refractivity contribution in [3.05, 3.63) is 92.8 Å². The van der Waals surface area contributed by atoms with Crippen molar-refractivity contribution in [3.63, 3.8) is 0 Å². The number of carbonyl (C=O) groups is 1. The van der Waals surface area contributed by atoms with E-state index in [1.54, 1.807) is 16.8 Å². The number of halogens is 2. The van der Waals surface area contributed by atoms with Gasteiger partial charge in [0.05, 0.1) is 12.2 Å². The molecule has 0 radical (unpaired) electrons. The zero-order valence-corrected chi connectivity index (χ0v) is 19.4. The van der Waals surface area contributed by atoms with Crippen LogP contribution in [0.4, 0.5) is 10.1 Å². The van der Waals surface area contributed by atoms with E-state index in [9.17, 15) is 9.18 Å². The van der Waals surface area contributed by atoms with Crippen LogP contribution in [0.2, 0.25) is 5.02 Å². The molecule has 0 saturated carbocycles. The van der Waals surface area contributed by atoms with E-state index in [4.69, 9.17) is 21.1 Å². The van der Waals surface area contributed by atoms with Crippen LogP contribution < -0.4 is 5.32 Å². The molecule has 2 aromatic carbocycles. The number of hydrogen-bond acceptors (Lipinski definition) is 3. The third-order valence-electron chi connectivity index (χ3n) is 6.14. The van der Waals surface area contributed by atoms with Gasteiger partial charge in [-0.15, -0.1) is 0 Å². The first kappa shape index (κ1) is 21.5. The SMILES string of the molecule is Cc1ccc(C)c(NC(=O)c2oc3c(c2C)-c2nn(Cc4c(F)cccc4Cl)cc2CC3)c1. The maximum Gasteiger partial charge on any atom is 0.291 e. The van der Waals surface area contributed by atoms with Gasteiger partial charge in [-0.1, -0.05) is 29.8 Å². The molecule has 2 aromatic heterocycles. The minimum absolute atomic E-state index is 0.227. The molecule has 0 bridgehead atoms. The van der Waals surface area contributed by atoms with E-state index in [0.29, 0.717) is 22.8 Å². The molecule has 168 valence electrons. The van der Waals surface area contributed by atoms with Crippen molar-refractivity contribution in [2.75, 3.05) is 5.32 Å². The first-order chi connectivity index (χ1) is 15.8. The molecule has 0 aliphatic heterocycles. The summed E-state index contributed by atoms with van der Waals surface area (Å²) < 4.78 is 22.0. The van der Waals surface area contributed by atoms with Crippen LogP contribution in [0.1, 0.15) is 44.1 Å². The zero-order chi connectivity index (χ0) is 23.3. The van der Waals surface area contributed by atoms with Crippen LogP contribution in [0.15, 0.2) is 47.0 Å². The van der Waals surface area contributed by atoms with Gasteiger partial charge in [-0.05, 0) is 62.1 Å². The summed E-state index contributed by atoms with van der Waals surface area (Å²) in [5.41, 5.74) is 6.63. The fraction of sp³-hybridized carbons (Fsp3) is 0.231. The zero-order valence-electron chi connectivity index (χ0n) is 18.6. The summed E-state index contributed by atoms with van der Waals surface area (Å²) in [6.45, 7) is 6.04. The highest BCUT2D eigenvalue weighted by Crippen LogP contribution is 2.39. The summed E-state index contributed by atoms with van der Waals surface area (Å²) in [6.07, 6.45) is 3.33. The van der Waals surface area contributed by atoms with Crippen molar-refractivity contribution < 1.29 is 13.6 Å². The number of hydrogen-bond donors (Lipinski definition) is 1. The highest BCUT2D eigenvalue weighted by atomic mass is 35.5. The summed E-state index contributed by atoms with van der Waals surface area (Å²) in [5, 5.41) is 8.06. The van der Waals surface area contributed by atoms with Crippen molar-refractivity contribution in [1.82, 2.24) is 9.78 Å². The van der Waals surface area contributed by atoms with E-state index in [1.165, 1.54) is 6.07 Å². The Bertz CT molecular complexity index is 1380. The highest BCUT2D eigenvalue weighted by Gasteiger charge is 2.30. The van der Waals surface area contributed by atoms with E-state index in [-0.39, 0.29) is 18.3 Å².